The number of ether oxygens (including phenoxy) is 4. The molecule has 170 valence electrons. The number of fused-ring (bicyclic) bond motifs is 2. The summed E-state index contributed by atoms with van der Waals surface area (Å²) >= 11 is 0. The Labute approximate surface area is 187 Å². The van der Waals surface area contributed by atoms with Gasteiger partial charge in [-0.2, -0.15) is 0 Å². The number of rotatable bonds is 4. The summed E-state index contributed by atoms with van der Waals surface area (Å²) in [6.07, 6.45) is 4.34. The summed E-state index contributed by atoms with van der Waals surface area (Å²) in [5, 5.41) is 3.35. The topological polar surface area (TPSA) is 83.1 Å². The van der Waals surface area contributed by atoms with Crippen molar-refractivity contribution in [3.8, 4) is 11.5 Å². The first-order chi connectivity index (χ1) is 15.3. The molecule has 3 atom stereocenters. The van der Waals surface area contributed by atoms with E-state index < -0.39 is 17.8 Å². The number of hydrogen-bond donors (Lipinski definition) is 1. The van der Waals surface area contributed by atoms with E-state index in [1.165, 1.54) is 0 Å². The lowest BCUT2D eigenvalue weighted by Gasteiger charge is -2.41. The Kier molecular flexibility index (Phi) is 5.24. The number of Topliss-reactive ketones (excluding diaryl/α,β-unsaturated/α-hetero) is 1. The van der Waals surface area contributed by atoms with Crippen LogP contribution < -0.4 is 14.8 Å². The Hall–Kier alpha value is -2.80. The van der Waals surface area contributed by atoms with Gasteiger partial charge in [0.25, 0.3) is 0 Å². The second-order valence-corrected chi connectivity index (χ2v) is 9.70. The van der Waals surface area contributed by atoms with E-state index >= 15 is 0 Å². The van der Waals surface area contributed by atoms with Gasteiger partial charge in [0.05, 0.1) is 17.6 Å². The Balaban J connectivity index is 1.54. The van der Waals surface area contributed by atoms with Gasteiger partial charge in [-0.1, -0.05) is 26.0 Å². The molecule has 4 aliphatic rings. The minimum absolute atomic E-state index is 0.0621. The summed E-state index contributed by atoms with van der Waals surface area (Å²) < 4.78 is 22.3. The van der Waals surface area contributed by atoms with Crippen molar-refractivity contribution in [3.05, 3.63) is 46.8 Å². The molecule has 1 saturated heterocycles. The van der Waals surface area contributed by atoms with Gasteiger partial charge in [-0.15, -0.1) is 0 Å². The van der Waals surface area contributed by atoms with Crippen LogP contribution in [-0.2, 0) is 19.1 Å². The fraction of sp³-hybridized carbons (Fsp3) is 0.520. The van der Waals surface area contributed by atoms with Gasteiger partial charge in [0.1, 0.15) is 12.4 Å². The van der Waals surface area contributed by atoms with Gasteiger partial charge in [-0.25, -0.2) is 4.79 Å². The van der Waals surface area contributed by atoms with Crippen molar-refractivity contribution in [1.82, 2.24) is 5.32 Å². The fourth-order valence-electron chi connectivity index (χ4n) is 5.23. The first kappa shape index (κ1) is 21.1. The van der Waals surface area contributed by atoms with Crippen molar-refractivity contribution in [2.75, 3.05) is 20.0 Å². The predicted molar refractivity (Wildman–Crippen MR) is 116 cm³/mol. The van der Waals surface area contributed by atoms with E-state index in [0.29, 0.717) is 35.8 Å². The summed E-state index contributed by atoms with van der Waals surface area (Å²) in [7, 11) is 0. The quantitative estimate of drug-likeness (QED) is 0.718. The van der Waals surface area contributed by atoms with Crippen LogP contribution in [0.5, 0.6) is 11.5 Å². The van der Waals surface area contributed by atoms with E-state index in [1.807, 2.05) is 25.1 Å². The number of nitrogens with one attached hydrogen (secondary N) is 1. The normalized spacial score (nSPS) is 28.2. The SMILES string of the molecule is CC1=C(C(=O)OCC2CCCO2)C(c2ccc3c(c2)OCO3)C2C(=O)CC(C)(C)C=C2N1. The molecule has 1 fully saturated rings. The van der Waals surface area contributed by atoms with Crippen LogP contribution in [-0.4, -0.2) is 37.9 Å². The van der Waals surface area contributed by atoms with Crippen LogP contribution in [0.15, 0.2) is 41.2 Å². The monoisotopic (exact) mass is 439 g/mol. The van der Waals surface area contributed by atoms with E-state index in [-0.39, 0.29) is 30.7 Å². The average Bonchev–Trinajstić information content (AvgIpc) is 3.41. The number of allylic oxidation sites excluding steroid dienone is 3. The molecular formula is C25H29NO6. The lowest BCUT2D eigenvalue weighted by atomic mass is 9.66. The van der Waals surface area contributed by atoms with Gasteiger partial charge in [-0.05, 0) is 42.9 Å². The highest BCUT2D eigenvalue weighted by atomic mass is 16.7. The average molecular weight is 440 g/mol. The molecule has 3 heterocycles. The molecule has 0 saturated carbocycles. The second kappa shape index (κ2) is 7.96. The predicted octanol–water partition coefficient (Wildman–Crippen LogP) is 3.60. The maximum absolute atomic E-state index is 13.4. The molecule has 7 heteroatoms. The smallest absolute Gasteiger partial charge is 0.336 e. The summed E-state index contributed by atoms with van der Waals surface area (Å²) in [6, 6.07) is 5.63. The molecule has 0 spiro atoms. The van der Waals surface area contributed by atoms with Gasteiger partial charge < -0.3 is 24.3 Å². The summed E-state index contributed by atoms with van der Waals surface area (Å²) in [5.74, 6) is 0.0528. The molecule has 3 aliphatic heterocycles. The second-order valence-electron chi connectivity index (χ2n) is 9.70. The molecule has 0 radical (unpaired) electrons. The van der Waals surface area contributed by atoms with Crippen LogP contribution in [0.2, 0.25) is 0 Å². The molecule has 0 bridgehead atoms. The van der Waals surface area contributed by atoms with Crippen LogP contribution in [0, 0.1) is 11.3 Å². The molecule has 32 heavy (non-hydrogen) atoms. The van der Waals surface area contributed by atoms with E-state index in [9.17, 15) is 9.59 Å². The molecule has 3 unspecified atom stereocenters. The highest BCUT2D eigenvalue weighted by Crippen LogP contribution is 2.48. The minimum Gasteiger partial charge on any atom is -0.460 e. The van der Waals surface area contributed by atoms with Crippen molar-refractivity contribution in [1.29, 1.82) is 0 Å². The third-order valence-corrected chi connectivity index (χ3v) is 6.64. The van der Waals surface area contributed by atoms with E-state index in [2.05, 4.69) is 25.2 Å². The molecule has 1 aromatic rings. The van der Waals surface area contributed by atoms with Crippen LogP contribution in [0.4, 0.5) is 0 Å². The molecule has 0 amide bonds. The summed E-state index contributed by atoms with van der Waals surface area (Å²) in [4.78, 5) is 26.7. The van der Waals surface area contributed by atoms with Gasteiger partial charge in [-0.3, -0.25) is 4.79 Å². The number of ketones is 1. The first-order valence-electron chi connectivity index (χ1n) is 11.2. The molecule has 1 N–H and O–H groups in total. The maximum atomic E-state index is 13.4. The summed E-state index contributed by atoms with van der Waals surface area (Å²) in [6.45, 7) is 7.05. The first-order valence-corrected chi connectivity index (χ1v) is 11.2. The Morgan fingerprint density at radius 2 is 2.03 bits per heavy atom. The number of carbonyl (C=O) groups excluding carboxylic acids is 2. The van der Waals surface area contributed by atoms with E-state index in [4.69, 9.17) is 18.9 Å². The Bertz CT molecular complexity index is 1020. The number of hydrogen-bond acceptors (Lipinski definition) is 7. The zero-order valence-electron chi connectivity index (χ0n) is 18.7. The van der Waals surface area contributed by atoms with Gasteiger partial charge in [0.15, 0.2) is 11.5 Å². The highest BCUT2D eigenvalue weighted by molar-refractivity contribution is 5.96. The van der Waals surface area contributed by atoms with Gasteiger partial charge in [0.2, 0.25) is 6.79 Å². The largest absolute Gasteiger partial charge is 0.460 e. The number of benzene rings is 1. The third-order valence-electron chi connectivity index (χ3n) is 6.64. The number of esters is 1. The van der Waals surface area contributed by atoms with E-state index in [1.54, 1.807) is 0 Å². The fourth-order valence-corrected chi connectivity index (χ4v) is 5.23. The van der Waals surface area contributed by atoms with Crippen molar-refractivity contribution < 1.29 is 28.5 Å². The zero-order chi connectivity index (χ0) is 22.5. The van der Waals surface area contributed by atoms with Crippen LogP contribution in [0.25, 0.3) is 0 Å². The van der Waals surface area contributed by atoms with Crippen molar-refractivity contribution in [3.63, 3.8) is 0 Å². The maximum Gasteiger partial charge on any atom is 0.336 e. The molecule has 0 aromatic heterocycles. The zero-order valence-corrected chi connectivity index (χ0v) is 18.7. The van der Waals surface area contributed by atoms with Crippen molar-refractivity contribution in [2.24, 2.45) is 11.3 Å². The van der Waals surface area contributed by atoms with E-state index in [0.717, 1.165) is 24.1 Å². The van der Waals surface area contributed by atoms with Gasteiger partial charge in [0, 0.05) is 30.3 Å². The highest BCUT2D eigenvalue weighted by Gasteiger charge is 2.46. The van der Waals surface area contributed by atoms with Crippen molar-refractivity contribution >= 4 is 11.8 Å². The lowest BCUT2D eigenvalue weighted by Crippen LogP contribution is -2.43. The Morgan fingerprint density at radius 1 is 1.22 bits per heavy atom. The minimum atomic E-state index is -0.475. The number of carbonyl (C=O) groups is 2. The molecule has 7 nitrogen and oxygen atoms in total. The third kappa shape index (κ3) is 3.79. The summed E-state index contributed by atoms with van der Waals surface area (Å²) in [5.41, 5.74) is 2.63. The van der Waals surface area contributed by atoms with Crippen molar-refractivity contribution in [2.45, 2.75) is 52.1 Å². The van der Waals surface area contributed by atoms with Crippen LogP contribution in [0.3, 0.4) is 0 Å². The molecule has 1 aromatic carbocycles. The Morgan fingerprint density at radius 3 is 2.81 bits per heavy atom. The standard InChI is InChI=1S/C25H29NO6/c1-14-21(24(28)30-12-16-5-4-8-29-16)22(15-6-7-19-20(9-15)32-13-31-19)23-17(26-14)10-25(2,3)11-18(23)27/h6-7,9-10,16,22-23,26H,4-5,8,11-13H2,1-3H3. The van der Waals surface area contributed by atoms with Gasteiger partial charge >= 0.3 is 5.97 Å². The van der Waals surface area contributed by atoms with Crippen LogP contribution in [0.1, 0.15) is 51.5 Å². The lowest BCUT2D eigenvalue weighted by molar-refractivity contribution is -0.143. The molecular weight excluding hydrogens is 410 g/mol. The molecule has 5 rings (SSSR count). The molecule has 1 aliphatic carbocycles. The van der Waals surface area contributed by atoms with Crippen LogP contribution >= 0.6 is 0 Å².